The first-order valence-corrected chi connectivity index (χ1v) is 16.8. The lowest BCUT2D eigenvalue weighted by Gasteiger charge is -2.40. The van der Waals surface area contributed by atoms with Crippen LogP contribution in [0.4, 0.5) is 0 Å². The van der Waals surface area contributed by atoms with Gasteiger partial charge >= 0.3 is 0 Å². The molecule has 2 aromatic carbocycles. The molecule has 0 radical (unpaired) electrons. The summed E-state index contributed by atoms with van der Waals surface area (Å²) in [5.41, 5.74) is 2.04. The second-order valence-electron chi connectivity index (χ2n) is 11.3. The van der Waals surface area contributed by atoms with Gasteiger partial charge in [0.2, 0.25) is 10.0 Å². The van der Waals surface area contributed by atoms with Crippen molar-refractivity contribution in [2.75, 3.05) is 13.7 Å². The second kappa shape index (κ2) is 10.3. The average Bonchev–Trinajstić information content (AvgIpc) is 3.56. The molecule has 0 aromatic heterocycles. The molecule has 6 atom stereocenters. The molecule has 4 rings (SSSR count). The molecule has 0 amide bonds. The molecule has 2 aliphatic rings. The lowest BCUT2D eigenvalue weighted by molar-refractivity contribution is -0.146. The van der Waals surface area contributed by atoms with Gasteiger partial charge in [-0.25, -0.2) is 8.42 Å². The highest BCUT2D eigenvalue weighted by Gasteiger charge is 2.60. The van der Waals surface area contributed by atoms with Crippen LogP contribution in [0.1, 0.15) is 31.9 Å². The van der Waals surface area contributed by atoms with Gasteiger partial charge in [-0.1, -0.05) is 68.8 Å². The molecule has 2 fully saturated rings. The van der Waals surface area contributed by atoms with Gasteiger partial charge in [-0.2, -0.15) is 4.31 Å². The summed E-state index contributed by atoms with van der Waals surface area (Å²) in [6.45, 7) is 13.6. The minimum Gasteiger partial charge on any atom is -0.406 e. The molecule has 2 aromatic rings. The van der Waals surface area contributed by atoms with E-state index in [0.717, 1.165) is 11.1 Å². The Morgan fingerprint density at radius 2 is 1.67 bits per heavy atom. The SMILES string of the molecule is CO[C@H]1O[C@H]([C@@H]2CN2S(=O)(=O)c2ccc(C)cc2)[C@H](OCc2ccccc2)[C@H]1O[Si](C)(C)C(C)(C)C. The van der Waals surface area contributed by atoms with Crippen LogP contribution in [0.25, 0.3) is 0 Å². The fraction of sp³-hybridized carbons (Fsp3) is 0.556. The molecule has 198 valence electrons. The van der Waals surface area contributed by atoms with Gasteiger partial charge in [0, 0.05) is 13.7 Å². The molecule has 2 aliphatic heterocycles. The van der Waals surface area contributed by atoms with Crippen LogP contribution in [0.3, 0.4) is 0 Å². The van der Waals surface area contributed by atoms with Crippen LogP contribution in [0.5, 0.6) is 0 Å². The molecule has 0 spiro atoms. The Bertz CT molecular complexity index is 1130. The summed E-state index contributed by atoms with van der Waals surface area (Å²) in [6.07, 6.45) is -2.09. The number of benzene rings is 2. The maximum absolute atomic E-state index is 13.3. The van der Waals surface area contributed by atoms with E-state index in [1.54, 1.807) is 19.2 Å². The van der Waals surface area contributed by atoms with Crippen LogP contribution >= 0.6 is 0 Å². The van der Waals surface area contributed by atoms with Crippen LogP contribution in [0.2, 0.25) is 18.1 Å². The fourth-order valence-corrected chi connectivity index (χ4v) is 7.13. The molecule has 2 heterocycles. The van der Waals surface area contributed by atoms with Gasteiger partial charge in [-0.3, -0.25) is 0 Å². The summed E-state index contributed by atoms with van der Waals surface area (Å²) in [5, 5.41) is -0.0201. The first-order valence-electron chi connectivity index (χ1n) is 12.5. The lowest BCUT2D eigenvalue weighted by Crippen LogP contribution is -2.50. The summed E-state index contributed by atoms with van der Waals surface area (Å²) in [4.78, 5) is 0.285. The van der Waals surface area contributed by atoms with Crippen molar-refractivity contribution >= 4 is 18.3 Å². The first-order chi connectivity index (χ1) is 16.8. The van der Waals surface area contributed by atoms with Crippen LogP contribution in [0, 0.1) is 6.92 Å². The molecule has 7 nitrogen and oxygen atoms in total. The highest BCUT2D eigenvalue weighted by molar-refractivity contribution is 7.89. The van der Waals surface area contributed by atoms with E-state index in [1.165, 1.54) is 4.31 Å². The number of hydrogen-bond acceptors (Lipinski definition) is 6. The number of hydrogen-bond donors (Lipinski definition) is 0. The number of rotatable bonds is 9. The number of nitrogens with zero attached hydrogens (tertiary/aromatic N) is 1. The predicted molar refractivity (Wildman–Crippen MR) is 142 cm³/mol. The summed E-state index contributed by atoms with van der Waals surface area (Å²) >= 11 is 0. The third-order valence-electron chi connectivity index (χ3n) is 7.57. The van der Waals surface area contributed by atoms with Crippen molar-refractivity contribution in [2.24, 2.45) is 0 Å². The van der Waals surface area contributed by atoms with Crippen LogP contribution in [-0.4, -0.2) is 65.3 Å². The molecule has 9 heteroatoms. The van der Waals surface area contributed by atoms with Crippen molar-refractivity contribution in [3.63, 3.8) is 0 Å². The maximum Gasteiger partial charge on any atom is 0.243 e. The third-order valence-corrected chi connectivity index (χ3v) is 14.0. The van der Waals surface area contributed by atoms with Crippen molar-refractivity contribution in [3.8, 4) is 0 Å². The van der Waals surface area contributed by atoms with E-state index in [-0.39, 0.29) is 16.0 Å². The molecule has 2 saturated heterocycles. The van der Waals surface area contributed by atoms with Gasteiger partial charge in [0.15, 0.2) is 14.6 Å². The van der Waals surface area contributed by atoms with E-state index in [1.807, 2.05) is 49.4 Å². The molecular weight excluding hydrogens is 494 g/mol. The average molecular weight is 534 g/mol. The van der Waals surface area contributed by atoms with E-state index in [4.69, 9.17) is 18.6 Å². The third kappa shape index (κ3) is 5.62. The Kier molecular flexibility index (Phi) is 7.84. The zero-order valence-corrected chi connectivity index (χ0v) is 24.1. The summed E-state index contributed by atoms with van der Waals surface area (Å²) in [6, 6.07) is 16.5. The number of methoxy groups -OCH3 is 1. The van der Waals surface area contributed by atoms with Gasteiger partial charge in [-0.15, -0.1) is 0 Å². The molecule has 0 bridgehead atoms. The van der Waals surface area contributed by atoms with Gasteiger partial charge in [-0.05, 0) is 42.8 Å². The summed E-state index contributed by atoms with van der Waals surface area (Å²) in [7, 11) is -4.25. The normalized spacial score (nSPS) is 28.9. The van der Waals surface area contributed by atoms with E-state index in [9.17, 15) is 8.42 Å². The predicted octanol–water partition coefficient (Wildman–Crippen LogP) is 4.72. The fourth-order valence-electron chi connectivity index (χ4n) is 4.27. The van der Waals surface area contributed by atoms with Crippen molar-refractivity contribution in [1.82, 2.24) is 4.31 Å². The summed E-state index contributed by atoms with van der Waals surface area (Å²) in [5.74, 6) is 0. The Balaban J connectivity index is 1.60. The van der Waals surface area contributed by atoms with Gasteiger partial charge in [0.05, 0.1) is 17.5 Å². The van der Waals surface area contributed by atoms with Gasteiger partial charge < -0.3 is 18.6 Å². The maximum atomic E-state index is 13.3. The zero-order chi connectivity index (χ0) is 26.3. The van der Waals surface area contributed by atoms with E-state index >= 15 is 0 Å². The Hall–Kier alpha value is -1.59. The minimum atomic E-state index is -3.63. The van der Waals surface area contributed by atoms with Crippen molar-refractivity contribution in [3.05, 3.63) is 65.7 Å². The van der Waals surface area contributed by atoms with Crippen LogP contribution in [0.15, 0.2) is 59.5 Å². The van der Waals surface area contributed by atoms with E-state index in [0.29, 0.717) is 13.2 Å². The number of ether oxygens (including phenoxy) is 3. The smallest absolute Gasteiger partial charge is 0.243 e. The van der Waals surface area contributed by atoms with Crippen molar-refractivity contribution in [2.45, 2.75) is 88.0 Å². The van der Waals surface area contributed by atoms with Crippen molar-refractivity contribution < 1.29 is 27.1 Å². The van der Waals surface area contributed by atoms with Gasteiger partial charge in [0.25, 0.3) is 0 Å². The monoisotopic (exact) mass is 533 g/mol. The Morgan fingerprint density at radius 3 is 2.25 bits per heavy atom. The number of aryl methyl sites for hydroxylation is 1. The molecule has 0 aliphatic carbocycles. The minimum absolute atomic E-state index is 0.0201. The number of sulfonamides is 1. The van der Waals surface area contributed by atoms with Crippen LogP contribution in [-0.2, 0) is 35.3 Å². The van der Waals surface area contributed by atoms with Crippen LogP contribution < -0.4 is 0 Å². The van der Waals surface area contributed by atoms with Crippen molar-refractivity contribution in [1.29, 1.82) is 0 Å². The largest absolute Gasteiger partial charge is 0.406 e. The standard InChI is InChI=1S/C27H39NO6SSi/c1-19-13-15-21(16-14-19)35(29,30)28-17-22(28)23-24(32-18-20-11-9-8-10-12-20)25(26(31-5)33-23)34-36(6,7)27(2,3)4/h8-16,22-26H,17-18H2,1-7H3/t22-,23+,24-,25+,26-,28?/m0/s1. The van der Waals surface area contributed by atoms with Gasteiger partial charge in [0.1, 0.15) is 18.3 Å². The summed E-state index contributed by atoms with van der Waals surface area (Å²) < 4.78 is 53.4. The zero-order valence-electron chi connectivity index (χ0n) is 22.3. The van der Waals surface area contributed by atoms with E-state index < -0.39 is 42.9 Å². The highest BCUT2D eigenvalue weighted by atomic mass is 32.2. The molecule has 0 saturated carbocycles. The topological polar surface area (TPSA) is 74.1 Å². The Labute approximate surface area is 216 Å². The second-order valence-corrected chi connectivity index (χ2v) is 17.9. The quantitative estimate of drug-likeness (QED) is 0.343. The Morgan fingerprint density at radius 1 is 1.03 bits per heavy atom. The van der Waals surface area contributed by atoms with E-state index in [2.05, 4.69) is 33.9 Å². The molecule has 36 heavy (non-hydrogen) atoms. The lowest BCUT2D eigenvalue weighted by atomic mass is 10.1. The first kappa shape index (κ1) is 27.4. The highest BCUT2D eigenvalue weighted by Crippen LogP contribution is 2.43. The molecule has 1 unspecified atom stereocenters. The molecular formula is C27H39NO6SSi. The molecule has 0 N–H and O–H groups in total.